The third-order valence-corrected chi connectivity index (χ3v) is 4.34. The van der Waals surface area contributed by atoms with E-state index in [1.165, 1.54) is 12.7 Å². The van der Waals surface area contributed by atoms with E-state index in [1.54, 1.807) is 0 Å². The zero-order valence-corrected chi connectivity index (χ0v) is 16.9. The second-order valence-corrected chi connectivity index (χ2v) is 6.47. The lowest BCUT2D eigenvalue weighted by atomic mass is 10.0. The molecule has 2 aromatic rings. The Morgan fingerprint density at radius 3 is 2.54 bits per heavy atom. The van der Waals surface area contributed by atoms with E-state index in [9.17, 15) is 4.79 Å². The first-order valence-electron chi connectivity index (χ1n) is 9.63. The summed E-state index contributed by atoms with van der Waals surface area (Å²) < 4.78 is 10.3. The fourth-order valence-electron chi connectivity index (χ4n) is 2.86. The maximum atomic E-state index is 11.8. The summed E-state index contributed by atoms with van der Waals surface area (Å²) in [5, 5.41) is 4.23. The molecular formula is C23H29NO4. The molecule has 0 unspecified atom stereocenters. The molecule has 1 atom stereocenters. The monoisotopic (exact) mass is 383 g/mol. The van der Waals surface area contributed by atoms with Crippen LogP contribution in [0, 0.1) is 0 Å². The van der Waals surface area contributed by atoms with Crippen molar-refractivity contribution in [3.05, 3.63) is 71.3 Å². The summed E-state index contributed by atoms with van der Waals surface area (Å²) in [4.78, 5) is 17.3. The van der Waals surface area contributed by atoms with Crippen molar-refractivity contribution in [3.63, 3.8) is 0 Å². The largest absolute Gasteiger partial charge is 0.467 e. The number of benzene rings is 2. The van der Waals surface area contributed by atoms with Crippen molar-refractivity contribution in [2.24, 2.45) is 5.16 Å². The van der Waals surface area contributed by atoms with Crippen molar-refractivity contribution in [2.45, 2.75) is 39.2 Å². The van der Waals surface area contributed by atoms with Crippen LogP contribution in [0.15, 0.2) is 59.8 Å². The van der Waals surface area contributed by atoms with Crippen molar-refractivity contribution < 1.29 is 19.1 Å². The van der Waals surface area contributed by atoms with E-state index in [0.717, 1.165) is 29.7 Å². The molecule has 0 spiro atoms. The first kappa shape index (κ1) is 21.6. The van der Waals surface area contributed by atoms with Gasteiger partial charge in [0.1, 0.15) is 6.61 Å². The predicted octanol–water partition coefficient (Wildman–Crippen LogP) is 4.18. The number of ether oxygens (including phenoxy) is 2. The lowest BCUT2D eigenvalue weighted by molar-refractivity contribution is -0.153. The summed E-state index contributed by atoms with van der Waals surface area (Å²) in [6.07, 6.45) is 1.74. The molecule has 0 aliphatic carbocycles. The lowest BCUT2D eigenvalue weighted by Crippen LogP contribution is -2.28. The highest BCUT2D eigenvalue weighted by Crippen LogP contribution is 2.12. The predicted molar refractivity (Wildman–Crippen MR) is 111 cm³/mol. The number of carbonyl (C=O) groups is 1. The molecule has 0 aliphatic heterocycles. The fourth-order valence-corrected chi connectivity index (χ4v) is 2.86. The van der Waals surface area contributed by atoms with Gasteiger partial charge in [0.15, 0.2) is 6.10 Å². The minimum atomic E-state index is -0.600. The highest BCUT2D eigenvalue weighted by Gasteiger charge is 2.20. The molecule has 0 bridgehead atoms. The second kappa shape index (κ2) is 11.9. The molecule has 0 radical (unpaired) electrons. The van der Waals surface area contributed by atoms with Gasteiger partial charge in [-0.3, -0.25) is 0 Å². The van der Waals surface area contributed by atoms with E-state index >= 15 is 0 Å². The van der Waals surface area contributed by atoms with Gasteiger partial charge in [-0.05, 0) is 49.4 Å². The maximum Gasteiger partial charge on any atom is 0.335 e. The fraction of sp³-hybridized carbons (Fsp3) is 0.391. The number of carbonyl (C=O) groups excluding carboxylic acids is 1. The van der Waals surface area contributed by atoms with Crippen molar-refractivity contribution in [3.8, 4) is 0 Å². The average molecular weight is 383 g/mol. The quantitative estimate of drug-likeness (QED) is 0.253. The van der Waals surface area contributed by atoms with E-state index in [4.69, 9.17) is 14.3 Å². The standard InChI is InChI=1S/C23H29NO4/c1-4-27-22(23(25)26-3)17-20-12-8-14-21(16-20)18(2)24-28-15-9-13-19-10-6-5-7-11-19/h5-8,10-12,14,16,22H,4,9,13,15,17H2,1-3H3/b24-18+/t22-/m0/s1. The Hall–Kier alpha value is -2.66. The van der Waals surface area contributed by atoms with Gasteiger partial charge in [0.05, 0.1) is 12.8 Å². The van der Waals surface area contributed by atoms with Crippen molar-refractivity contribution >= 4 is 11.7 Å². The smallest absolute Gasteiger partial charge is 0.335 e. The Morgan fingerprint density at radius 1 is 1.07 bits per heavy atom. The van der Waals surface area contributed by atoms with Crippen LogP contribution < -0.4 is 0 Å². The molecule has 0 fully saturated rings. The molecule has 0 aliphatic rings. The Labute approximate surface area is 167 Å². The number of oxime groups is 1. The molecule has 0 saturated carbocycles. The van der Waals surface area contributed by atoms with Gasteiger partial charge in [0.2, 0.25) is 0 Å². The zero-order valence-electron chi connectivity index (χ0n) is 16.9. The Kier molecular flexibility index (Phi) is 9.22. The molecule has 0 amide bonds. The molecule has 0 heterocycles. The SMILES string of the molecule is CCO[C@@H](Cc1cccc(/C(C)=N/OCCCc2ccccc2)c1)C(=O)OC. The van der Waals surface area contributed by atoms with E-state index in [2.05, 4.69) is 17.3 Å². The van der Waals surface area contributed by atoms with E-state index in [-0.39, 0.29) is 5.97 Å². The number of esters is 1. The van der Waals surface area contributed by atoms with Crippen molar-refractivity contribution in [2.75, 3.05) is 20.3 Å². The van der Waals surface area contributed by atoms with Crippen LogP contribution in [-0.2, 0) is 31.9 Å². The number of hydrogen-bond acceptors (Lipinski definition) is 5. The third-order valence-electron chi connectivity index (χ3n) is 4.34. The Balaban J connectivity index is 1.88. The normalized spacial score (nSPS) is 12.5. The molecular weight excluding hydrogens is 354 g/mol. The van der Waals surface area contributed by atoms with Crippen molar-refractivity contribution in [1.82, 2.24) is 0 Å². The van der Waals surface area contributed by atoms with Crippen LogP contribution in [0.2, 0.25) is 0 Å². The van der Waals surface area contributed by atoms with Gasteiger partial charge in [-0.1, -0.05) is 53.7 Å². The molecule has 0 aromatic heterocycles. The molecule has 2 rings (SSSR count). The van der Waals surface area contributed by atoms with Crippen LogP contribution in [0.25, 0.3) is 0 Å². The van der Waals surface area contributed by atoms with Crippen LogP contribution in [0.4, 0.5) is 0 Å². The summed E-state index contributed by atoms with van der Waals surface area (Å²) in [5.41, 5.74) is 4.04. The van der Waals surface area contributed by atoms with Gasteiger partial charge in [0, 0.05) is 13.0 Å². The Bertz CT molecular complexity index is 758. The number of aryl methyl sites for hydroxylation is 1. The Morgan fingerprint density at radius 2 is 1.82 bits per heavy atom. The van der Waals surface area contributed by atoms with E-state index < -0.39 is 6.10 Å². The highest BCUT2D eigenvalue weighted by atomic mass is 16.6. The van der Waals surface area contributed by atoms with Gasteiger partial charge >= 0.3 is 5.97 Å². The minimum absolute atomic E-state index is 0.362. The van der Waals surface area contributed by atoms with Crippen LogP contribution in [0.5, 0.6) is 0 Å². The molecule has 5 heteroatoms. The molecule has 150 valence electrons. The maximum absolute atomic E-state index is 11.8. The lowest BCUT2D eigenvalue weighted by Gasteiger charge is -2.15. The molecule has 0 saturated heterocycles. The number of methoxy groups -OCH3 is 1. The van der Waals surface area contributed by atoms with Crippen LogP contribution >= 0.6 is 0 Å². The van der Waals surface area contributed by atoms with Gasteiger partial charge in [-0.2, -0.15) is 0 Å². The number of rotatable bonds is 11. The van der Waals surface area contributed by atoms with Gasteiger partial charge in [0.25, 0.3) is 0 Å². The first-order chi connectivity index (χ1) is 13.6. The zero-order chi connectivity index (χ0) is 20.2. The topological polar surface area (TPSA) is 57.1 Å². The van der Waals surface area contributed by atoms with Crippen LogP contribution in [-0.4, -0.2) is 38.1 Å². The molecule has 0 N–H and O–H groups in total. The van der Waals surface area contributed by atoms with Gasteiger partial charge in [-0.15, -0.1) is 0 Å². The summed E-state index contributed by atoms with van der Waals surface area (Å²) in [6.45, 7) is 4.80. The summed E-state index contributed by atoms with van der Waals surface area (Å²) in [7, 11) is 1.37. The van der Waals surface area contributed by atoms with Crippen molar-refractivity contribution in [1.29, 1.82) is 0 Å². The summed E-state index contributed by atoms with van der Waals surface area (Å²) in [6, 6.07) is 18.2. The molecule has 2 aromatic carbocycles. The molecule has 28 heavy (non-hydrogen) atoms. The highest BCUT2D eigenvalue weighted by molar-refractivity contribution is 5.98. The third kappa shape index (κ3) is 7.16. The molecule has 5 nitrogen and oxygen atoms in total. The number of hydrogen-bond donors (Lipinski definition) is 0. The summed E-state index contributed by atoms with van der Waals surface area (Å²) >= 11 is 0. The van der Waals surface area contributed by atoms with Gasteiger partial charge < -0.3 is 14.3 Å². The first-order valence-corrected chi connectivity index (χ1v) is 9.63. The van der Waals surface area contributed by atoms with Crippen LogP contribution in [0.1, 0.15) is 37.0 Å². The minimum Gasteiger partial charge on any atom is -0.467 e. The number of nitrogens with zero attached hydrogens (tertiary/aromatic N) is 1. The average Bonchev–Trinajstić information content (AvgIpc) is 2.73. The van der Waals surface area contributed by atoms with E-state index in [0.29, 0.717) is 19.6 Å². The second-order valence-electron chi connectivity index (χ2n) is 6.47. The van der Waals surface area contributed by atoms with Gasteiger partial charge in [-0.25, -0.2) is 4.79 Å². The van der Waals surface area contributed by atoms with E-state index in [1.807, 2.05) is 56.3 Å². The summed E-state index contributed by atoms with van der Waals surface area (Å²) in [5.74, 6) is -0.362. The van der Waals surface area contributed by atoms with Crippen LogP contribution in [0.3, 0.4) is 0 Å².